The van der Waals surface area contributed by atoms with E-state index < -0.39 is 0 Å². The molecule has 27 heavy (non-hydrogen) atoms. The lowest BCUT2D eigenvalue weighted by Gasteiger charge is -2.42. The number of benzene rings is 1. The van der Waals surface area contributed by atoms with Crippen molar-refractivity contribution in [3.8, 4) is 0 Å². The fourth-order valence-electron chi connectivity index (χ4n) is 7.40. The summed E-state index contributed by atoms with van der Waals surface area (Å²) in [5.74, 6) is 2.57. The van der Waals surface area contributed by atoms with Gasteiger partial charge in [-0.15, -0.1) is 0 Å². The second-order valence-electron chi connectivity index (χ2n) is 10.3. The number of aliphatic imine (C=N–C) groups is 1. The van der Waals surface area contributed by atoms with Crippen LogP contribution in [0.15, 0.2) is 35.3 Å². The van der Waals surface area contributed by atoms with Crippen LogP contribution in [0, 0.1) is 29.1 Å². The van der Waals surface area contributed by atoms with Crippen LogP contribution in [0.3, 0.4) is 0 Å². The number of nitrogens with two attached hydrogens (primary N) is 1. The molecule has 0 amide bonds. The fourth-order valence-corrected chi connectivity index (χ4v) is 7.82. The van der Waals surface area contributed by atoms with Crippen LogP contribution in [-0.2, 0) is 5.41 Å². The number of nitrogens with zero attached hydrogens (tertiary/aromatic N) is 1. The van der Waals surface area contributed by atoms with Crippen molar-refractivity contribution in [1.29, 1.82) is 0 Å². The molecule has 5 saturated carbocycles. The van der Waals surface area contributed by atoms with E-state index in [1.165, 1.54) is 38.5 Å². The maximum atomic E-state index is 6.04. The molecule has 0 aliphatic heterocycles. The van der Waals surface area contributed by atoms with Crippen molar-refractivity contribution in [2.24, 2.45) is 39.8 Å². The molecule has 2 N–H and O–H groups in total. The maximum absolute atomic E-state index is 6.04. The molecule has 0 saturated heterocycles. The zero-order valence-corrected chi connectivity index (χ0v) is 17.3. The standard InChI is InChI=1S/C24H32N2S/c1-23-11-17-12-24(15-23,18-5-3-2-4-6-18)13-20(23)21(17)22(27)26-14-16-7-9-19(25)10-8-16/h2-6,14,16-17,19-21H,7-13,15,25H2,1H3. The number of hydrogen-bond acceptors (Lipinski definition) is 2. The van der Waals surface area contributed by atoms with Gasteiger partial charge in [0.1, 0.15) is 4.99 Å². The van der Waals surface area contributed by atoms with E-state index in [9.17, 15) is 0 Å². The Morgan fingerprint density at radius 3 is 2.56 bits per heavy atom. The second kappa shape index (κ2) is 6.49. The van der Waals surface area contributed by atoms with Crippen LogP contribution in [0.2, 0.25) is 0 Å². The minimum Gasteiger partial charge on any atom is -0.328 e. The topological polar surface area (TPSA) is 38.4 Å². The summed E-state index contributed by atoms with van der Waals surface area (Å²) in [5, 5.41) is 0. The highest BCUT2D eigenvalue weighted by molar-refractivity contribution is 7.80. The van der Waals surface area contributed by atoms with Crippen molar-refractivity contribution in [2.75, 3.05) is 0 Å². The van der Waals surface area contributed by atoms with Gasteiger partial charge < -0.3 is 5.73 Å². The van der Waals surface area contributed by atoms with Crippen LogP contribution in [0.5, 0.6) is 0 Å². The van der Waals surface area contributed by atoms with Gasteiger partial charge in [0.2, 0.25) is 0 Å². The zero-order valence-electron chi connectivity index (χ0n) is 16.4. The highest BCUT2D eigenvalue weighted by atomic mass is 32.1. The summed E-state index contributed by atoms with van der Waals surface area (Å²) < 4.78 is 0. The average Bonchev–Trinajstić information content (AvgIpc) is 3.00. The van der Waals surface area contributed by atoms with Crippen LogP contribution in [0.1, 0.15) is 63.9 Å². The van der Waals surface area contributed by atoms with Crippen molar-refractivity contribution < 1.29 is 0 Å². The summed E-state index contributed by atoms with van der Waals surface area (Å²) >= 11 is 5.91. The van der Waals surface area contributed by atoms with E-state index in [1.807, 2.05) is 0 Å². The molecule has 0 radical (unpaired) electrons. The van der Waals surface area contributed by atoms with Crippen molar-refractivity contribution in [2.45, 2.75) is 69.7 Å². The molecule has 5 unspecified atom stereocenters. The molecule has 4 bridgehead atoms. The van der Waals surface area contributed by atoms with Gasteiger partial charge in [0.15, 0.2) is 0 Å². The molecule has 0 spiro atoms. The third-order valence-corrected chi connectivity index (χ3v) is 8.85. The van der Waals surface area contributed by atoms with Gasteiger partial charge in [0.25, 0.3) is 0 Å². The predicted molar refractivity (Wildman–Crippen MR) is 116 cm³/mol. The normalized spacial score (nSPS) is 45.6. The largest absolute Gasteiger partial charge is 0.328 e. The molecule has 144 valence electrons. The molecule has 1 aromatic carbocycles. The highest BCUT2D eigenvalue weighted by Gasteiger charge is 2.66. The first kappa shape index (κ1) is 18.0. The minimum absolute atomic E-state index is 0.400. The Morgan fingerprint density at radius 1 is 1.11 bits per heavy atom. The molecule has 0 aromatic heterocycles. The molecular weight excluding hydrogens is 348 g/mol. The van der Waals surface area contributed by atoms with Crippen LogP contribution in [0.4, 0.5) is 0 Å². The van der Waals surface area contributed by atoms with Gasteiger partial charge in [0, 0.05) is 18.2 Å². The molecule has 6 rings (SSSR count). The molecule has 2 nitrogen and oxygen atoms in total. The van der Waals surface area contributed by atoms with Gasteiger partial charge in [0.05, 0.1) is 0 Å². The third-order valence-electron chi connectivity index (χ3n) is 8.47. The Kier molecular flexibility index (Phi) is 4.32. The van der Waals surface area contributed by atoms with E-state index in [2.05, 4.69) is 43.5 Å². The van der Waals surface area contributed by atoms with Crippen molar-refractivity contribution in [3.63, 3.8) is 0 Å². The third kappa shape index (κ3) is 2.93. The van der Waals surface area contributed by atoms with Crippen LogP contribution in [0.25, 0.3) is 0 Å². The summed E-state index contributed by atoms with van der Waals surface area (Å²) in [6.07, 6.45) is 12.1. The van der Waals surface area contributed by atoms with E-state index in [1.54, 1.807) is 5.56 Å². The summed E-state index contributed by atoms with van der Waals surface area (Å²) in [6, 6.07) is 11.7. The van der Waals surface area contributed by atoms with Gasteiger partial charge in [-0.2, -0.15) is 0 Å². The lowest BCUT2D eigenvalue weighted by atomic mass is 9.62. The Balaban J connectivity index is 1.33. The van der Waals surface area contributed by atoms with Gasteiger partial charge in [-0.05, 0) is 85.5 Å². The minimum atomic E-state index is 0.400. The Morgan fingerprint density at radius 2 is 1.85 bits per heavy atom. The van der Waals surface area contributed by atoms with Crippen molar-refractivity contribution in [1.82, 2.24) is 0 Å². The lowest BCUT2D eigenvalue weighted by Crippen LogP contribution is -2.37. The highest BCUT2D eigenvalue weighted by Crippen LogP contribution is 2.72. The SMILES string of the molecule is CC12CC3CC(c4ccccc4)(CC1C3C(=S)N=CC1CCC(N)CC1)C2. The summed E-state index contributed by atoms with van der Waals surface area (Å²) in [7, 11) is 0. The fraction of sp³-hybridized carbons (Fsp3) is 0.667. The molecular formula is C24H32N2S. The van der Waals surface area contributed by atoms with Crippen molar-refractivity contribution in [3.05, 3.63) is 35.9 Å². The lowest BCUT2D eigenvalue weighted by molar-refractivity contribution is 0.184. The summed E-state index contributed by atoms with van der Waals surface area (Å²) in [5.41, 5.74) is 8.46. The summed E-state index contributed by atoms with van der Waals surface area (Å²) in [6.45, 7) is 2.53. The van der Waals surface area contributed by atoms with E-state index in [4.69, 9.17) is 22.9 Å². The van der Waals surface area contributed by atoms with Gasteiger partial charge >= 0.3 is 0 Å². The smallest absolute Gasteiger partial charge is 0.106 e. The first-order chi connectivity index (χ1) is 13.0. The molecule has 0 heterocycles. The maximum Gasteiger partial charge on any atom is 0.106 e. The van der Waals surface area contributed by atoms with E-state index in [0.717, 1.165) is 29.7 Å². The Hall–Kier alpha value is -1.06. The number of rotatable bonds is 3. The van der Waals surface area contributed by atoms with E-state index in [0.29, 0.717) is 28.7 Å². The average molecular weight is 381 g/mol. The predicted octanol–water partition coefficient (Wildman–Crippen LogP) is 5.30. The van der Waals surface area contributed by atoms with Crippen LogP contribution in [-0.4, -0.2) is 17.2 Å². The zero-order chi connectivity index (χ0) is 18.6. The van der Waals surface area contributed by atoms with Gasteiger partial charge in [-0.3, -0.25) is 4.99 Å². The molecule has 5 aliphatic carbocycles. The van der Waals surface area contributed by atoms with E-state index >= 15 is 0 Å². The van der Waals surface area contributed by atoms with Gasteiger partial charge in [-0.1, -0.05) is 49.5 Å². The quantitative estimate of drug-likeness (QED) is 0.571. The van der Waals surface area contributed by atoms with E-state index in [-0.39, 0.29) is 0 Å². The molecule has 5 aliphatic rings. The molecule has 5 fully saturated rings. The van der Waals surface area contributed by atoms with Gasteiger partial charge in [-0.25, -0.2) is 0 Å². The summed E-state index contributed by atoms with van der Waals surface area (Å²) in [4.78, 5) is 5.89. The Bertz CT molecular complexity index is 751. The molecule has 5 atom stereocenters. The monoisotopic (exact) mass is 380 g/mol. The molecule has 1 aromatic rings. The molecule has 3 heteroatoms. The second-order valence-corrected chi connectivity index (χ2v) is 10.7. The number of thiocarbonyl (C=S) groups is 1. The van der Waals surface area contributed by atoms with Crippen LogP contribution < -0.4 is 5.73 Å². The first-order valence-corrected chi connectivity index (χ1v) is 11.3. The Labute approximate surface area is 169 Å². The van der Waals surface area contributed by atoms with Crippen molar-refractivity contribution >= 4 is 23.4 Å². The van der Waals surface area contributed by atoms with Crippen LogP contribution >= 0.6 is 12.2 Å². The first-order valence-electron chi connectivity index (χ1n) is 10.9. The number of hydrogen-bond donors (Lipinski definition) is 1.